The van der Waals surface area contributed by atoms with E-state index in [4.69, 9.17) is 5.73 Å². The van der Waals surface area contributed by atoms with Crippen LogP contribution < -0.4 is 5.73 Å². The van der Waals surface area contributed by atoms with Crippen LogP contribution in [-0.2, 0) is 9.53 Å². The first-order chi connectivity index (χ1) is 6.41. The van der Waals surface area contributed by atoms with Gasteiger partial charge in [0.2, 0.25) is 0 Å². The van der Waals surface area contributed by atoms with Gasteiger partial charge in [-0.25, -0.2) is 0 Å². The number of carbonyl (C=O) groups is 1. The van der Waals surface area contributed by atoms with Crippen LogP contribution in [0.3, 0.4) is 0 Å². The van der Waals surface area contributed by atoms with E-state index < -0.39 is 0 Å². The van der Waals surface area contributed by atoms with Gasteiger partial charge in [-0.3, -0.25) is 4.79 Å². The Bertz CT molecular complexity index is 107. The second-order valence-electron chi connectivity index (χ2n) is 3.23. The molecule has 0 rings (SSSR count). The van der Waals surface area contributed by atoms with Crippen molar-refractivity contribution in [2.24, 2.45) is 5.73 Å². The summed E-state index contributed by atoms with van der Waals surface area (Å²) in [6, 6.07) is 0. The molecular formula is C10H21NO2. The molecule has 0 atom stereocenters. The van der Waals surface area contributed by atoms with Gasteiger partial charge in [0.25, 0.3) is 6.47 Å². The van der Waals surface area contributed by atoms with Crippen molar-refractivity contribution in [2.75, 3.05) is 13.2 Å². The smallest absolute Gasteiger partial charge is 0.293 e. The number of rotatable bonds is 10. The zero-order valence-electron chi connectivity index (χ0n) is 8.34. The van der Waals surface area contributed by atoms with Crippen molar-refractivity contribution in [3.05, 3.63) is 0 Å². The molecule has 0 bridgehead atoms. The standard InChI is InChI=1S/C10H21NO2/c11-8-6-4-2-1-3-5-7-9-13-10-12/h10H,1-9,11H2. The summed E-state index contributed by atoms with van der Waals surface area (Å²) in [7, 11) is 0. The lowest BCUT2D eigenvalue weighted by Gasteiger charge is -2.00. The molecule has 0 unspecified atom stereocenters. The second kappa shape index (κ2) is 11.4. The molecule has 0 amide bonds. The van der Waals surface area contributed by atoms with Crippen LogP contribution in [0.2, 0.25) is 0 Å². The zero-order valence-corrected chi connectivity index (χ0v) is 8.34. The van der Waals surface area contributed by atoms with Gasteiger partial charge >= 0.3 is 0 Å². The number of hydrogen-bond acceptors (Lipinski definition) is 3. The molecule has 0 aliphatic heterocycles. The Morgan fingerprint density at radius 2 is 1.46 bits per heavy atom. The minimum Gasteiger partial charge on any atom is -0.468 e. The average Bonchev–Trinajstić information content (AvgIpc) is 2.16. The molecule has 2 N–H and O–H groups in total. The molecular weight excluding hydrogens is 166 g/mol. The van der Waals surface area contributed by atoms with Crippen LogP contribution in [0.5, 0.6) is 0 Å². The van der Waals surface area contributed by atoms with Gasteiger partial charge in [0, 0.05) is 0 Å². The molecule has 0 saturated carbocycles. The van der Waals surface area contributed by atoms with E-state index in [1.54, 1.807) is 0 Å². The van der Waals surface area contributed by atoms with E-state index in [1.807, 2.05) is 0 Å². The van der Waals surface area contributed by atoms with Crippen LogP contribution in [0, 0.1) is 0 Å². The zero-order chi connectivity index (χ0) is 9.78. The van der Waals surface area contributed by atoms with E-state index in [9.17, 15) is 4.79 Å². The van der Waals surface area contributed by atoms with Crippen molar-refractivity contribution < 1.29 is 9.53 Å². The molecule has 0 aliphatic carbocycles. The SMILES string of the molecule is NCCCCCCCCCOC=O. The van der Waals surface area contributed by atoms with Gasteiger partial charge in [0.15, 0.2) is 0 Å². The molecule has 0 spiro atoms. The van der Waals surface area contributed by atoms with Crippen molar-refractivity contribution in [3.8, 4) is 0 Å². The number of hydrogen-bond donors (Lipinski definition) is 1. The predicted octanol–water partition coefficient (Wildman–Crippen LogP) is 1.85. The monoisotopic (exact) mass is 187 g/mol. The van der Waals surface area contributed by atoms with Crippen LogP contribution in [-0.4, -0.2) is 19.6 Å². The summed E-state index contributed by atoms with van der Waals surface area (Å²) < 4.78 is 4.58. The Morgan fingerprint density at radius 3 is 2.00 bits per heavy atom. The third-order valence-electron chi connectivity index (χ3n) is 2.03. The van der Waals surface area contributed by atoms with Crippen molar-refractivity contribution in [1.82, 2.24) is 0 Å². The summed E-state index contributed by atoms with van der Waals surface area (Å²) in [6.45, 7) is 1.90. The fourth-order valence-electron chi connectivity index (χ4n) is 1.26. The first-order valence-electron chi connectivity index (χ1n) is 5.17. The third kappa shape index (κ3) is 11.4. The summed E-state index contributed by atoms with van der Waals surface area (Å²) in [5.41, 5.74) is 5.37. The predicted molar refractivity (Wildman–Crippen MR) is 53.4 cm³/mol. The number of ether oxygens (including phenoxy) is 1. The van der Waals surface area contributed by atoms with Gasteiger partial charge in [-0.15, -0.1) is 0 Å². The van der Waals surface area contributed by atoms with Crippen molar-refractivity contribution in [2.45, 2.75) is 44.9 Å². The second-order valence-corrected chi connectivity index (χ2v) is 3.23. The first kappa shape index (κ1) is 12.4. The van der Waals surface area contributed by atoms with Crippen LogP contribution in [0.15, 0.2) is 0 Å². The van der Waals surface area contributed by atoms with Gasteiger partial charge in [-0.2, -0.15) is 0 Å². The minimum atomic E-state index is 0.515. The van der Waals surface area contributed by atoms with E-state index in [1.165, 1.54) is 25.7 Å². The van der Waals surface area contributed by atoms with Crippen molar-refractivity contribution in [3.63, 3.8) is 0 Å². The van der Waals surface area contributed by atoms with Gasteiger partial charge in [-0.1, -0.05) is 32.1 Å². The molecule has 3 nitrogen and oxygen atoms in total. The highest BCUT2D eigenvalue weighted by Gasteiger charge is 1.91. The van der Waals surface area contributed by atoms with Crippen LogP contribution in [0.4, 0.5) is 0 Å². The normalized spacial score (nSPS) is 9.92. The van der Waals surface area contributed by atoms with Crippen LogP contribution in [0.25, 0.3) is 0 Å². The third-order valence-corrected chi connectivity index (χ3v) is 2.03. The largest absolute Gasteiger partial charge is 0.468 e. The van der Waals surface area contributed by atoms with E-state index in [0.29, 0.717) is 13.1 Å². The van der Waals surface area contributed by atoms with E-state index in [0.717, 1.165) is 25.8 Å². The van der Waals surface area contributed by atoms with Gasteiger partial charge in [0.1, 0.15) is 0 Å². The Morgan fingerprint density at radius 1 is 0.923 bits per heavy atom. The molecule has 0 aromatic heterocycles. The maximum absolute atomic E-state index is 9.78. The molecule has 0 aromatic rings. The van der Waals surface area contributed by atoms with Crippen molar-refractivity contribution >= 4 is 6.47 Å². The highest BCUT2D eigenvalue weighted by atomic mass is 16.5. The first-order valence-corrected chi connectivity index (χ1v) is 5.17. The fourth-order valence-corrected chi connectivity index (χ4v) is 1.26. The number of nitrogens with two attached hydrogens (primary N) is 1. The molecule has 0 aromatic carbocycles. The topological polar surface area (TPSA) is 52.3 Å². The molecule has 0 aliphatic rings. The summed E-state index contributed by atoms with van der Waals surface area (Å²) in [6.07, 6.45) is 8.36. The molecule has 0 fully saturated rings. The lowest BCUT2D eigenvalue weighted by atomic mass is 10.1. The number of unbranched alkanes of at least 4 members (excludes halogenated alkanes) is 6. The number of carbonyl (C=O) groups excluding carboxylic acids is 1. The maximum atomic E-state index is 9.78. The van der Waals surface area contributed by atoms with Crippen LogP contribution >= 0.6 is 0 Å². The minimum absolute atomic E-state index is 0.515. The van der Waals surface area contributed by atoms with E-state index >= 15 is 0 Å². The van der Waals surface area contributed by atoms with E-state index in [-0.39, 0.29) is 0 Å². The molecule has 13 heavy (non-hydrogen) atoms. The Hall–Kier alpha value is -0.570. The summed E-state index contributed by atoms with van der Waals surface area (Å²) in [5.74, 6) is 0. The van der Waals surface area contributed by atoms with Gasteiger partial charge < -0.3 is 10.5 Å². The molecule has 0 heterocycles. The fraction of sp³-hybridized carbons (Fsp3) is 0.900. The summed E-state index contributed by atoms with van der Waals surface area (Å²) in [4.78, 5) is 9.78. The lowest BCUT2D eigenvalue weighted by Crippen LogP contribution is -1.97. The van der Waals surface area contributed by atoms with Gasteiger partial charge in [-0.05, 0) is 19.4 Å². The summed E-state index contributed by atoms with van der Waals surface area (Å²) in [5, 5.41) is 0. The Labute approximate surface area is 80.6 Å². The Kier molecular flexibility index (Phi) is 10.9. The Balaban J connectivity index is 2.79. The summed E-state index contributed by atoms with van der Waals surface area (Å²) >= 11 is 0. The molecule has 78 valence electrons. The lowest BCUT2D eigenvalue weighted by molar-refractivity contribution is -0.128. The van der Waals surface area contributed by atoms with E-state index in [2.05, 4.69) is 4.74 Å². The van der Waals surface area contributed by atoms with Crippen LogP contribution in [0.1, 0.15) is 44.9 Å². The highest BCUT2D eigenvalue weighted by Crippen LogP contribution is 2.06. The highest BCUT2D eigenvalue weighted by molar-refractivity contribution is 5.36. The average molecular weight is 187 g/mol. The maximum Gasteiger partial charge on any atom is 0.293 e. The van der Waals surface area contributed by atoms with Crippen molar-refractivity contribution in [1.29, 1.82) is 0 Å². The quantitative estimate of drug-likeness (QED) is 0.419. The molecule has 0 radical (unpaired) electrons. The molecule has 3 heteroatoms. The van der Waals surface area contributed by atoms with Gasteiger partial charge in [0.05, 0.1) is 6.61 Å². The molecule has 0 saturated heterocycles.